The molecule has 0 spiro atoms. The van der Waals surface area contributed by atoms with E-state index in [1.54, 1.807) is 0 Å². The fourth-order valence-corrected chi connectivity index (χ4v) is 0.530. The van der Waals surface area contributed by atoms with Crippen molar-refractivity contribution in [3.63, 3.8) is 0 Å². The second kappa shape index (κ2) is 6.32. The maximum absolute atomic E-state index is 10.9. The van der Waals surface area contributed by atoms with Crippen LogP contribution in [0.5, 0.6) is 0 Å². The van der Waals surface area contributed by atoms with Crippen LogP contribution in [0.2, 0.25) is 0 Å². The molecule has 0 aliphatic heterocycles. The highest BCUT2D eigenvalue weighted by atomic mass is 19.3. The molecule has 0 fully saturated rings. The summed E-state index contributed by atoms with van der Waals surface area (Å²) in [6.07, 6.45) is 1.51. The molecule has 0 unspecified atom stereocenters. The quantitative estimate of drug-likeness (QED) is 0.455. The SMILES string of the molecule is CCCCCOC(=O)OF. The minimum Gasteiger partial charge on any atom is -0.432 e. The van der Waals surface area contributed by atoms with E-state index in [-0.39, 0.29) is 6.61 Å². The average molecular weight is 150 g/mol. The smallest absolute Gasteiger partial charge is 0.432 e. The third-order valence-electron chi connectivity index (χ3n) is 1.03. The van der Waals surface area contributed by atoms with Crippen LogP contribution in [0.25, 0.3) is 0 Å². The molecule has 0 aromatic carbocycles. The lowest BCUT2D eigenvalue weighted by Crippen LogP contribution is -2.03. The van der Waals surface area contributed by atoms with Crippen molar-refractivity contribution in [2.75, 3.05) is 6.61 Å². The van der Waals surface area contributed by atoms with Crippen molar-refractivity contribution in [1.82, 2.24) is 0 Å². The van der Waals surface area contributed by atoms with E-state index in [9.17, 15) is 9.32 Å². The van der Waals surface area contributed by atoms with Crippen molar-refractivity contribution < 1.29 is 19.0 Å². The zero-order valence-corrected chi connectivity index (χ0v) is 5.93. The van der Waals surface area contributed by atoms with Crippen molar-refractivity contribution in [3.05, 3.63) is 0 Å². The predicted octanol–water partition coefficient (Wildman–Crippen LogP) is 2.21. The molecule has 0 aliphatic rings. The average Bonchev–Trinajstić information content (AvgIpc) is 1.98. The lowest BCUT2D eigenvalue weighted by Gasteiger charge is -1.97. The topological polar surface area (TPSA) is 35.5 Å². The van der Waals surface area contributed by atoms with E-state index in [0.717, 1.165) is 19.3 Å². The number of carbonyl (C=O) groups is 1. The Morgan fingerprint density at radius 2 is 2.20 bits per heavy atom. The number of carbonyl (C=O) groups excluding carboxylic acids is 1. The van der Waals surface area contributed by atoms with Gasteiger partial charge in [0.05, 0.1) is 6.61 Å². The molecule has 3 nitrogen and oxygen atoms in total. The monoisotopic (exact) mass is 150 g/mol. The van der Waals surface area contributed by atoms with Gasteiger partial charge in [-0.1, -0.05) is 19.8 Å². The number of rotatable bonds is 4. The van der Waals surface area contributed by atoms with Gasteiger partial charge in [0.2, 0.25) is 0 Å². The summed E-state index contributed by atoms with van der Waals surface area (Å²) < 4.78 is 15.2. The number of unbranched alkanes of at least 4 members (excludes halogenated alkanes) is 2. The van der Waals surface area contributed by atoms with Crippen LogP contribution in [-0.4, -0.2) is 12.8 Å². The molecule has 0 atom stereocenters. The molecule has 10 heavy (non-hydrogen) atoms. The molecule has 0 amide bonds. The van der Waals surface area contributed by atoms with Crippen LogP contribution < -0.4 is 0 Å². The van der Waals surface area contributed by atoms with E-state index in [0.29, 0.717) is 0 Å². The zero-order valence-electron chi connectivity index (χ0n) is 5.93. The third kappa shape index (κ3) is 5.34. The molecule has 4 heteroatoms. The highest BCUT2D eigenvalue weighted by Crippen LogP contribution is 1.95. The first-order chi connectivity index (χ1) is 4.81. The van der Waals surface area contributed by atoms with Gasteiger partial charge in [0.25, 0.3) is 0 Å². The summed E-state index contributed by atoms with van der Waals surface area (Å²) in [7, 11) is 0. The molecular formula is C6H11FO3. The van der Waals surface area contributed by atoms with Crippen molar-refractivity contribution >= 4 is 6.16 Å². The molecule has 0 saturated carbocycles. The Morgan fingerprint density at radius 1 is 1.50 bits per heavy atom. The molecule has 0 radical (unpaired) electrons. The van der Waals surface area contributed by atoms with Gasteiger partial charge in [-0.2, -0.15) is 0 Å². The summed E-state index contributed by atoms with van der Waals surface area (Å²) >= 11 is 0. The van der Waals surface area contributed by atoms with Gasteiger partial charge in [-0.25, -0.2) is 9.74 Å². The van der Waals surface area contributed by atoms with Crippen LogP contribution >= 0.6 is 0 Å². The van der Waals surface area contributed by atoms with Gasteiger partial charge in [0.15, 0.2) is 0 Å². The standard InChI is InChI=1S/C6H11FO3/c1-2-3-4-5-9-6(8)10-7/h2-5H2,1H3. The minimum atomic E-state index is -1.25. The number of hydrogen-bond donors (Lipinski definition) is 0. The zero-order chi connectivity index (χ0) is 7.82. The van der Waals surface area contributed by atoms with Gasteiger partial charge in [-0.05, 0) is 6.42 Å². The van der Waals surface area contributed by atoms with Gasteiger partial charge >= 0.3 is 6.16 Å². The van der Waals surface area contributed by atoms with E-state index in [2.05, 4.69) is 9.68 Å². The second-order valence-electron chi connectivity index (χ2n) is 1.88. The van der Waals surface area contributed by atoms with Crippen LogP contribution in [0.3, 0.4) is 0 Å². The first kappa shape index (κ1) is 9.20. The lowest BCUT2D eigenvalue weighted by molar-refractivity contribution is -0.101. The molecule has 0 aromatic rings. The van der Waals surface area contributed by atoms with Crippen molar-refractivity contribution in [3.8, 4) is 0 Å². The van der Waals surface area contributed by atoms with Crippen LogP contribution in [0.1, 0.15) is 26.2 Å². The molecule has 60 valence electrons. The predicted molar refractivity (Wildman–Crippen MR) is 33.1 cm³/mol. The summed E-state index contributed by atoms with van der Waals surface area (Å²) in [5.41, 5.74) is 0. The fraction of sp³-hybridized carbons (Fsp3) is 0.833. The van der Waals surface area contributed by atoms with Gasteiger partial charge < -0.3 is 4.74 Å². The molecule has 0 saturated heterocycles. The molecule has 0 rings (SSSR count). The van der Waals surface area contributed by atoms with Crippen LogP contribution in [-0.2, 0) is 9.68 Å². The molecule has 0 heterocycles. The Morgan fingerprint density at radius 3 is 2.70 bits per heavy atom. The third-order valence-corrected chi connectivity index (χ3v) is 1.03. The fourth-order valence-electron chi connectivity index (χ4n) is 0.530. The second-order valence-corrected chi connectivity index (χ2v) is 1.88. The Bertz CT molecular complexity index is 95.0. The van der Waals surface area contributed by atoms with Gasteiger partial charge in [-0.15, -0.1) is 0 Å². The Hall–Kier alpha value is -0.800. The van der Waals surface area contributed by atoms with E-state index in [1.165, 1.54) is 0 Å². The Kier molecular flexibility index (Phi) is 5.82. The van der Waals surface area contributed by atoms with Crippen LogP contribution in [0, 0.1) is 0 Å². The first-order valence-corrected chi connectivity index (χ1v) is 3.26. The molecule has 0 bridgehead atoms. The number of halogens is 1. The maximum atomic E-state index is 10.9. The summed E-state index contributed by atoms with van der Waals surface area (Å²) in [6, 6.07) is 0. The summed E-state index contributed by atoms with van der Waals surface area (Å²) in [4.78, 5) is 12.7. The molecule has 0 aliphatic carbocycles. The number of ether oxygens (including phenoxy) is 1. The number of hydrogen-bond acceptors (Lipinski definition) is 3. The Balaban J connectivity index is 2.96. The summed E-state index contributed by atoms with van der Waals surface area (Å²) in [5.74, 6) is 0. The summed E-state index contributed by atoms with van der Waals surface area (Å²) in [6.45, 7) is 2.25. The minimum absolute atomic E-state index is 0.233. The highest BCUT2D eigenvalue weighted by molar-refractivity contribution is 5.58. The molecular weight excluding hydrogens is 139 g/mol. The van der Waals surface area contributed by atoms with Gasteiger partial charge in [0, 0.05) is 4.53 Å². The molecule has 0 aromatic heterocycles. The van der Waals surface area contributed by atoms with Crippen molar-refractivity contribution in [1.29, 1.82) is 0 Å². The van der Waals surface area contributed by atoms with Crippen molar-refractivity contribution in [2.24, 2.45) is 0 Å². The van der Waals surface area contributed by atoms with Gasteiger partial charge in [-0.3, -0.25) is 0 Å². The lowest BCUT2D eigenvalue weighted by atomic mass is 10.3. The van der Waals surface area contributed by atoms with Crippen molar-refractivity contribution in [2.45, 2.75) is 26.2 Å². The van der Waals surface area contributed by atoms with E-state index < -0.39 is 6.16 Å². The summed E-state index contributed by atoms with van der Waals surface area (Å²) in [5, 5.41) is 0. The Labute approximate surface area is 59.0 Å². The molecule has 0 N–H and O–H groups in total. The largest absolute Gasteiger partial charge is 0.544 e. The first-order valence-electron chi connectivity index (χ1n) is 3.26. The van der Waals surface area contributed by atoms with Crippen LogP contribution in [0.4, 0.5) is 9.32 Å². The highest BCUT2D eigenvalue weighted by Gasteiger charge is 2.00. The van der Waals surface area contributed by atoms with E-state index in [1.807, 2.05) is 6.92 Å². The van der Waals surface area contributed by atoms with Crippen LogP contribution in [0.15, 0.2) is 0 Å². The van der Waals surface area contributed by atoms with E-state index in [4.69, 9.17) is 0 Å². The normalized spacial score (nSPS) is 9.00. The maximum Gasteiger partial charge on any atom is 0.544 e. The van der Waals surface area contributed by atoms with E-state index >= 15 is 0 Å². The van der Waals surface area contributed by atoms with Gasteiger partial charge in [0.1, 0.15) is 0 Å².